The van der Waals surface area contributed by atoms with E-state index in [1.54, 1.807) is 31.2 Å². The van der Waals surface area contributed by atoms with Crippen molar-refractivity contribution in [1.29, 1.82) is 5.26 Å². The highest BCUT2D eigenvalue weighted by molar-refractivity contribution is 5.94. The summed E-state index contributed by atoms with van der Waals surface area (Å²) in [5.41, 5.74) is 4.13. The van der Waals surface area contributed by atoms with E-state index in [1.165, 1.54) is 0 Å². The molecule has 0 radical (unpaired) electrons. The summed E-state index contributed by atoms with van der Waals surface area (Å²) in [4.78, 5) is 17.2. The van der Waals surface area contributed by atoms with Crippen molar-refractivity contribution < 1.29 is 9.53 Å². The van der Waals surface area contributed by atoms with Crippen molar-refractivity contribution in [2.45, 2.75) is 13.0 Å². The summed E-state index contributed by atoms with van der Waals surface area (Å²) in [6.45, 7) is 1.67. The van der Waals surface area contributed by atoms with Crippen LogP contribution < -0.4 is 10.1 Å². The average Bonchev–Trinajstić information content (AvgIpc) is 3.11. The van der Waals surface area contributed by atoms with Crippen LogP contribution in [-0.2, 0) is 11.8 Å². The van der Waals surface area contributed by atoms with Gasteiger partial charge < -0.3 is 14.6 Å². The summed E-state index contributed by atoms with van der Waals surface area (Å²) >= 11 is 0. The number of benzene rings is 3. The smallest absolute Gasteiger partial charge is 0.265 e. The van der Waals surface area contributed by atoms with Gasteiger partial charge in [0.25, 0.3) is 5.91 Å². The molecule has 0 aliphatic rings. The minimum atomic E-state index is -0.710. The van der Waals surface area contributed by atoms with Crippen LogP contribution in [0.1, 0.15) is 12.5 Å². The highest BCUT2D eigenvalue weighted by Crippen LogP contribution is 2.25. The van der Waals surface area contributed by atoms with E-state index in [1.807, 2.05) is 60.1 Å². The summed E-state index contributed by atoms with van der Waals surface area (Å²) in [5.74, 6) is 1.07. The second-order valence-corrected chi connectivity index (χ2v) is 6.95. The lowest BCUT2D eigenvalue weighted by Crippen LogP contribution is -2.30. The molecule has 0 bridgehead atoms. The Hall–Kier alpha value is -4.11. The Balaban J connectivity index is 1.45. The first-order valence-corrected chi connectivity index (χ1v) is 9.55. The van der Waals surface area contributed by atoms with E-state index in [0.717, 1.165) is 22.4 Å². The number of amides is 1. The largest absolute Gasteiger partial charge is 0.481 e. The number of nitriles is 1. The van der Waals surface area contributed by atoms with Crippen LogP contribution >= 0.6 is 0 Å². The van der Waals surface area contributed by atoms with E-state index in [2.05, 4.69) is 11.4 Å². The molecule has 6 heteroatoms. The Kier molecular flexibility index (Phi) is 5.19. The van der Waals surface area contributed by atoms with Crippen LogP contribution in [0.15, 0.2) is 72.8 Å². The van der Waals surface area contributed by atoms with Crippen molar-refractivity contribution in [3.8, 4) is 23.2 Å². The van der Waals surface area contributed by atoms with Crippen molar-refractivity contribution in [2.24, 2.45) is 7.05 Å². The molecule has 0 fully saturated rings. The quantitative estimate of drug-likeness (QED) is 0.538. The lowest BCUT2D eigenvalue weighted by molar-refractivity contribution is -0.122. The van der Waals surface area contributed by atoms with Crippen molar-refractivity contribution >= 4 is 22.6 Å². The van der Waals surface area contributed by atoms with Crippen LogP contribution in [-0.4, -0.2) is 21.6 Å². The molecule has 1 atom stereocenters. The number of aromatic nitrogens is 2. The molecule has 0 saturated heterocycles. The normalized spacial score (nSPS) is 11.6. The van der Waals surface area contributed by atoms with Crippen molar-refractivity contribution in [3.05, 3.63) is 78.4 Å². The highest BCUT2D eigenvalue weighted by Gasteiger charge is 2.16. The van der Waals surface area contributed by atoms with Gasteiger partial charge in [-0.25, -0.2) is 4.98 Å². The molecule has 1 amide bonds. The van der Waals surface area contributed by atoms with Crippen LogP contribution in [0.4, 0.5) is 5.69 Å². The van der Waals surface area contributed by atoms with Gasteiger partial charge in [-0.2, -0.15) is 5.26 Å². The van der Waals surface area contributed by atoms with Gasteiger partial charge in [0, 0.05) is 18.3 Å². The molecule has 6 nitrogen and oxygen atoms in total. The molecule has 30 heavy (non-hydrogen) atoms. The summed E-state index contributed by atoms with van der Waals surface area (Å²) in [6.07, 6.45) is -0.710. The third kappa shape index (κ3) is 3.87. The number of nitrogens with zero attached hydrogens (tertiary/aromatic N) is 3. The molecule has 4 aromatic rings. The van der Waals surface area contributed by atoms with E-state index < -0.39 is 6.10 Å². The fourth-order valence-electron chi connectivity index (χ4n) is 3.25. The number of anilines is 1. The molecule has 4 rings (SSSR count). The first kappa shape index (κ1) is 19.2. The first-order chi connectivity index (χ1) is 14.5. The number of imidazole rings is 1. The number of aryl methyl sites for hydroxylation is 1. The van der Waals surface area contributed by atoms with Crippen LogP contribution in [0.3, 0.4) is 0 Å². The van der Waals surface area contributed by atoms with Crippen molar-refractivity contribution in [2.75, 3.05) is 5.32 Å². The predicted octanol–water partition coefficient (Wildman–Crippen LogP) is 4.52. The van der Waals surface area contributed by atoms with Gasteiger partial charge in [0.2, 0.25) is 0 Å². The Morgan fingerprint density at radius 1 is 1.10 bits per heavy atom. The van der Waals surface area contributed by atoms with Gasteiger partial charge in [-0.05, 0) is 61.5 Å². The van der Waals surface area contributed by atoms with Crippen LogP contribution in [0, 0.1) is 11.3 Å². The molecule has 0 aliphatic carbocycles. The fraction of sp³-hybridized carbons (Fsp3) is 0.125. The number of para-hydroxylation sites is 2. The van der Waals surface area contributed by atoms with Gasteiger partial charge in [-0.15, -0.1) is 0 Å². The number of hydrogen-bond acceptors (Lipinski definition) is 4. The maximum atomic E-state index is 12.5. The average molecular weight is 396 g/mol. The standard InChI is InChI=1S/C24H20N4O2/c1-16(30-20-7-5-6-17(14-20)15-25)24(29)26-19-12-10-18(11-13-19)23-27-21-8-3-4-9-22(21)28(23)2/h3-14,16H,1-2H3,(H,26,29). The predicted molar refractivity (Wildman–Crippen MR) is 116 cm³/mol. The maximum absolute atomic E-state index is 12.5. The Bertz CT molecular complexity index is 1250. The molecule has 3 aromatic carbocycles. The number of rotatable bonds is 5. The second kappa shape index (κ2) is 8.10. The van der Waals surface area contributed by atoms with E-state index in [9.17, 15) is 4.79 Å². The lowest BCUT2D eigenvalue weighted by atomic mass is 10.2. The van der Waals surface area contributed by atoms with Crippen LogP contribution in [0.2, 0.25) is 0 Å². The van der Waals surface area contributed by atoms with E-state index in [-0.39, 0.29) is 5.91 Å². The third-order valence-corrected chi connectivity index (χ3v) is 4.84. The van der Waals surface area contributed by atoms with Gasteiger partial charge in [0.1, 0.15) is 11.6 Å². The van der Waals surface area contributed by atoms with Crippen molar-refractivity contribution in [1.82, 2.24) is 9.55 Å². The number of carbonyl (C=O) groups excluding carboxylic acids is 1. The van der Waals surface area contributed by atoms with E-state index >= 15 is 0 Å². The third-order valence-electron chi connectivity index (χ3n) is 4.84. The van der Waals surface area contributed by atoms with Gasteiger partial charge >= 0.3 is 0 Å². The minimum Gasteiger partial charge on any atom is -0.481 e. The number of nitrogens with one attached hydrogen (secondary N) is 1. The zero-order valence-electron chi connectivity index (χ0n) is 16.7. The van der Waals surface area contributed by atoms with E-state index in [4.69, 9.17) is 15.0 Å². The van der Waals surface area contributed by atoms with Crippen LogP contribution in [0.5, 0.6) is 5.75 Å². The number of carbonyl (C=O) groups is 1. The molecule has 0 aliphatic heterocycles. The highest BCUT2D eigenvalue weighted by atomic mass is 16.5. The number of fused-ring (bicyclic) bond motifs is 1. The topological polar surface area (TPSA) is 79.9 Å². The molecule has 1 unspecified atom stereocenters. The van der Waals surface area contributed by atoms with Gasteiger partial charge in [-0.3, -0.25) is 4.79 Å². The summed E-state index contributed by atoms with van der Waals surface area (Å²) < 4.78 is 7.71. The van der Waals surface area contributed by atoms with Gasteiger partial charge in [-0.1, -0.05) is 18.2 Å². The molecule has 0 spiro atoms. The zero-order valence-corrected chi connectivity index (χ0v) is 16.7. The summed E-state index contributed by atoms with van der Waals surface area (Å²) in [5, 5.41) is 11.8. The maximum Gasteiger partial charge on any atom is 0.265 e. The number of ether oxygens (including phenoxy) is 1. The van der Waals surface area contributed by atoms with Gasteiger partial charge in [0.15, 0.2) is 6.10 Å². The summed E-state index contributed by atoms with van der Waals surface area (Å²) in [6, 6.07) is 24.3. The van der Waals surface area contributed by atoms with Gasteiger partial charge in [0.05, 0.1) is 22.7 Å². The first-order valence-electron chi connectivity index (χ1n) is 9.55. The number of hydrogen-bond donors (Lipinski definition) is 1. The SMILES string of the molecule is CC(Oc1cccc(C#N)c1)C(=O)Nc1ccc(-c2nc3ccccc3n2C)cc1. The summed E-state index contributed by atoms with van der Waals surface area (Å²) in [7, 11) is 1.99. The molecular weight excluding hydrogens is 376 g/mol. The second-order valence-electron chi connectivity index (χ2n) is 6.95. The Labute approximate surface area is 174 Å². The monoisotopic (exact) mass is 396 g/mol. The molecule has 148 valence electrons. The van der Waals surface area contributed by atoms with Crippen molar-refractivity contribution in [3.63, 3.8) is 0 Å². The minimum absolute atomic E-state index is 0.271. The molecule has 1 heterocycles. The molecule has 1 N–H and O–H groups in total. The molecule has 0 saturated carbocycles. The lowest BCUT2D eigenvalue weighted by Gasteiger charge is -2.15. The fourth-order valence-corrected chi connectivity index (χ4v) is 3.25. The molecular formula is C24H20N4O2. The van der Waals surface area contributed by atoms with Crippen LogP contribution in [0.25, 0.3) is 22.4 Å². The Morgan fingerprint density at radius 3 is 2.60 bits per heavy atom. The molecule has 1 aromatic heterocycles. The van der Waals surface area contributed by atoms with E-state index in [0.29, 0.717) is 17.0 Å². The zero-order chi connectivity index (χ0) is 21.1. The Morgan fingerprint density at radius 2 is 1.87 bits per heavy atom.